The Hall–Kier alpha value is -0.730. The average Bonchev–Trinajstić information content (AvgIpc) is 2.30. The molecule has 0 amide bonds. The van der Waals surface area contributed by atoms with Crippen molar-refractivity contribution < 1.29 is 0 Å². The quantitative estimate of drug-likeness (QED) is 0.798. The number of thioether (sulfide) groups is 1. The van der Waals surface area contributed by atoms with Crippen LogP contribution < -0.4 is 5.32 Å². The standard InChI is InChI=1S/C14H19NS/c1-3-6-11(2)15-14-10-16-9-12-7-4-5-8-13(12)14/h3-5,7-8,11,14-15H,1,6,9-10H2,2H3. The van der Waals surface area contributed by atoms with Crippen molar-refractivity contribution in [1.82, 2.24) is 5.32 Å². The molecule has 1 aromatic rings. The smallest absolute Gasteiger partial charge is 0.0417 e. The van der Waals surface area contributed by atoms with Crippen LogP contribution in [-0.4, -0.2) is 11.8 Å². The molecule has 1 aromatic carbocycles. The minimum Gasteiger partial charge on any atom is -0.306 e. The van der Waals surface area contributed by atoms with Crippen LogP contribution >= 0.6 is 11.8 Å². The van der Waals surface area contributed by atoms with Crippen molar-refractivity contribution in [2.75, 3.05) is 5.75 Å². The maximum absolute atomic E-state index is 3.79. The van der Waals surface area contributed by atoms with Crippen LogP contribution in [0.1, 0.15) is 30.5 Å². The van der Waals surface area contributed by atoms with Crippen LogP contribution in [0.2, 0.25) is 0 Å². The summed E-state index contributed by atoms with van der Waals surface area (Å²) in [5, 5.41) is 3.68. The van der Waals surface area contributed by atoms with Crippen LogP contribution in [0.25, 0.3) is 0 Å². The van der Waals surface area contributed by atoms with E-state index in [1.807, 2.05) is 17.8 Å². The van der Waals surface area contributed by atoms with Crippen molar-refractivity contribution in [3.05, 3.63) is 48.0 Å². The van der Waals surface area contributed by atoms with Gasteiger partial charge in [-0.15, -0.1) is 6.58 Å². The first-order valence-corrected chi connectivity index (χ1v) is 6.99. The maximum atomic E-state index is 3.79. The van der Waals surface area contributed by atoms with Gasteiger partial charge in [0.1, 0.15) is 0 Å². The van der Waals surface area contributed by atoms with Gasteiger partial charge >= 0.3 is 0 Å². The van der Waals surface area contributed by atoms with Crippen LogP contribution in [0.4, 0.5) is 0 Å². The number of hydrogen-bond acceptors (Lipinski definition) is 2. The van der Waals surface area contributed by atoms with Crippen molar-refractivity contribution in [3.8, 4) is 0 Å². The molecule has 1 heterocycles. The van der Waals surface area contributed by atoms with Crippen LogP contribution in [0, 0.1) is 0 Å². The van der Waals surface area contributed by atoms with E-state index in [1.165, 1.54) is 16.9 Å². The molecule has 2 heteroatoms. The van der Waals surface area contributed by atoms with Crippen molar-refractivity contribution in [2.24, 2.45) is 0 Å². The minimum absolute atomic E-state index is 0.505. The molecule has 0 aromatic heterocycles. The molecule has 1 N–H and O–H groups in total. The van der Waals surface area contributed by atoms with E-state index in [9.17, 15) is 0 Å². The van der Waals surface area contributed by atoms with E-state index in [2.05, 4.69) is 43.1 Å². The van der Waals surface area contributed by atoms with Crippen LogP contribution in [0.15, 0.2) is 36.9 Å². The summed E-state index contributed by atoms with van der Waals surface area (Å²) in [4.78, 5) is 0. The highest BCUT2D eigenvalue weighted by Crippen LogP contribution is 2.31. The summed E-state index contributed by atoms with van der Waals surface area (Å²) in [5.74, 6) is 2.34. The van der Waals surface area contributed by atoms with Gasteiger partial charge in [0.2, 0.25) is 0 Å². The predicted molar refractivity (Wildman–Crippen MR) is 72.8 cm³/mol. The predicted octanol–water partition coefficient (Wildman–Crippen LogP) is 3.53. The lowest BCUT2D eigenvalue weighted by Crippen LogP contribution is -2.33. The topological polar surface area (TPSA) is 12.0 Å². The number of rotatable bonds is 4. The van der Waals surface area contributed by atoms with Gasteiger partial charge < -0.3 is 5.32 Å². The average molecular weight is 233 g/mol. The van der Waals surface area contributed by atoms with Gasteiger partial charge in [-0.1, -0.05) is 30.3 Å². The summed E-state index contributed by atoms with van der Waals surface area (Å²) in [7, 11) is 0. The number of fused-ring (bicyclic) bond motifs is 1. The Balaban J connectivity index is 2.09. The molecule has 0 bridgehead atoms. The molecular formula is C14H19NS. The number of nitrogens with one attached hydrogen (secondary N) is 1. The molecule has 0 fully saturated rings. The minimum atomic E-state index is 0.505. The number of hydrogen-bond donors (Lipinski definition) is 1. The van der Waals surface area contributed by atoms with Crippen molar-refractivity contribution in [2.45, 2.75) is 31.2 Å². The fraction of sp³-hybridized carbons (Fsp3) is 0.429. The third-order valence-electron chi connectivity index (χ3n) is 2.98. The lowest BCUT2D eigenvalue weighted by Gasteiger charge is -2.28. The van der Waals surface area contributed by atoms with Gasteiger partial charge in [0.05, 0.1) is 0 Å². The maximum Gasteiger partial charge on any atom is 0.0417 e. The second-order valence-electron chi connectivity index (χ2n) is 4.36. The second kappa shape index (κ2) is 5.55. The fourth-order valence-electron chi connectivity index (χ4n) is 2.18. The molecule has 1 aliphatic rings. The van der Waals surface area contributed by atoms with Gasteiger partial charge in [-0.3, -0.25) is 0 Å². The summed E-state index contributed by atoms with van der Waals surface area (Å²) in [6.45, 7) is 6.02. The highest BCUT2D eigenvalue weighted by atomic mass is 32.2. The Bertz CT molecular complexity index is 362. The van der Waals surface area contributed by atoms with Gasteiger partial charge in [-0.05, 0) is 24.5 Å². The Labute approximate surface area is 102 Å². The Morgan fingerprint density at radius 2 is 2.38 bits per heavy atom. The molecule has 2 unspecified atom stereocenters. The van der Waals surface area contributed by atoms with Gasteiger partial charge in [-0.25, -0.2) is 0 Å². The Kier molecular flexibility index (Phi) is 4.08. The zero-order valence-electron chi connectivity index (χ0n) is 9.78. The van der Waals surface area contributed by atoms with E-state index in [1.54, 1.807) is 0 Å². The van der Waals surface area contributed by atoms with Crippen molar-refractivity contribution in [1.29, 1.82) is 0 Å². The summed E-state index contributed by atoms with van der Waals surface area (Å²) < 4.78 is 0. The van der Waals surface area contributed by atoms with Crippen LogP contribution in [0.5, 0.6) is 0 Å². The summed E-state index contributed by atoms with van der Waals surface area (Å²) in [6.07, 6.45) is 3.02. The van der Waals surface area contributed by atoms with E-state index in [0.717, 1.165) is 12.2 Å². The second-order valence-corrected chi connectivity index (χ2v) is 5.39. The Morgan fingerprint density at radius 3 is 3.19 bits per heavy atom. The Morgan fingerprint density at radius 1 is 1.56 bits per heavy atom. The van der Waals surface area contributed by atoms with Crippen LogP contribution in [-0.2, 0) is 5.75 Å². The molecule has 1 aliphatic heterocycles. The van der Waals surface area contributed by atoms with E-state index in [0.29, 0.717) is 12.1 Å². The van der Waals surface area contributed by atoms with E-state index < -0.39 is 0 Å². The van der Waals surface area contributed by atoms with Gasteiger partial charge in [0, 0.05) is 23.6 Å². The fourth-order valence-corrected chi connectivity index (χ4v) is 3.29. The molecule has 0 saturated heterocycles. The SMILES string of the molecule is C=CCC(C)NC1CSCc2ccccc21. The highest BCUT2D eigenvalue weighted by Gasteiger charge is 2.20. The molecule has 0 aliphatic carbocycles. The zero-order valence-corrected chi connectivity index (χ0v) is 10.6. The molecule has 2 rings (SSSR count). The third-order valence-corrected chi connectivity index (χ3v) is 4.06. The monoisotopic (exact) mass is 233 g/mol. The first-order valence-electron chi connectivity index (χ1n) is 5.83. The van der Waals surface area contributed by atoms with Gasteiger partial charge in [0.15, 0.2) is 0 Å². The molecule has 16 heavy (non-hydrogen) atoms. The van der Waals surface area contributed by atoms with Gasteiger partial charge in [0.25, 0.3) is 0 Å². The molecule has 0 radical (unpaired) electrons. The summed E-state index contributed by atoms with van der Waals surface area (Å²) >= 11 is 2.02. The van der Waals surface area contributed by atoms with Crippen molar-refractivity contribution >= 4 is 11.8 Å². The van der Waals surface area contributed by atoms with Crippen molar-refractivity contribution in [3.63, 3.8) is 0 Å². The first kappa shape index (κ1) is 11.7. The van der Waals surface area contributed by atoms with Crippen LogP contribution in [0.3, 0.4) is 0 Å². The normalized spacial score (nSPS) is 21.2. The van der Waals surface area contributed by atoms with Gasteiger partial charge in [-0.2, -0.15) is 11.8 Å². The molecule has 86 valence electrons. The molecule has 0 saturated carbocycles. The highest BCUT2D eigenvalue weighted by molar-refractivity contribution is 7.98. The van der Waals surface area contributed by atoms with E-state index in [-0.39, 0.29) is 0 Å². The van der Waals surface area contributed by atoms with E-state index >= 15 is 0 Å². The first-order chi connectivity index (χ1) is 7.81. The lowest BCUT2D eigenvalue weighted by molar-refractivity contribution is 0.483. The van der Waals surface area contributed by atoms with E-state index in [4.69, 9.17) is 0 Å². The lowest BCUT2D eigenvalue weighted by atomic mass is 10.0. The molecule has 0 spiro atoms. The molecule has 2 atom stereocenters. The molecular weight excluding hydrogens is 214 g/mol. The molecule has 1 nitrogen and oxygen atoms in total. The summed E-state index contributed by atoms with van der Waals surface area (Å²) in [6, 6.07) is 9.79. The largest absolute Gasteiger partial charge is 0.306 e. The number of benzene rings is 1. The summed E-state index contributed by atoms with van der Waals surface area (Å²) in [5.41, 5.74) is 2.97. The third kappa shape index (κ3) is 2.69. The zero-order chi connectivity index (χ0) is 11.4.